The fourth-order valence-corrected chi connectivity index (χ4v) is 2.05. The van der Waals surface area contributed by atoms with Crippen LogP contribution in [0.1, 0.15) is 32.0 Å². The van der Waals surface area contributed by atoms with E-state index in [-0.39, 0.29) is 17.3 Å². The number of nitrogens with two attached hydrogens (primary N) is 1. The molecule has 3 N–H and O–H groups in total. The first-order valence-corrected chi connectivity index (χ1v) is 6.22. The molecule has 1 aromatic heterocycles. The monoisotopic (exact) mass is 258 g/mol. The van der Waals surface area contributed by atoms with Gasteiger partial charge in [-0.3, -0.25) is 9.59 Å². The number of pyridine rings is 1. The number of carbonyl (C=O) groups excluding carboxylic acids is 1. The van der Waals surface area contributed by atoms with Crippen molar-refractivity contribution in [2.45, 2.75) is 32.6 Å². The summed E-state index contributed by atoms with van der Waals surface area (Å²) in [6.07, 6.45) is 0.0478. The van der Waals surface area contributed by atoms with Gasteiger partial charge in [0, 0.05) is 22.7 Å². The van der Waals surface area contributed by atoms with Crippen LogP contribution < -0.4 is 11.2 Å². The van der Waals surface area contributed by atoms with Crippen molar-refractivity contribution in [1.29, 1.82) is 0 Å². The molecule has 0 unspecified atom stereocenters. The Balaban J connectivity index is 2.60. The molecule has 1 amide bonds. The van der Waals surface area contributed by atoms with Gasteiger partial charge in [-0.1, -0.05) is 26.8 Å². The van der Waals surface area contributed by atoms with Crippen LogP contribution >= 0.6 is 0 Å². The summed E-state index contributed by atoms with van der Waals surface area (Å²) in [5, 5.41) is 0.639. The molecule has 4 heteroatoms. The predicted molar refractivity (Wildman–Crippen MR) is 76.2 cm³/mol. The standard InChI is InChI=1S/C15H18N2O2/c1-15(2,3)9-4-5-12-11(6-9)13(18)7-10(17-12)8-14(16)19/h4-7H,8H2,1-3H3,(H2,16,19)(H,17,18). The van der Waals surface area contributed by atoms with Crippen LogP contribution in [0.5, 0.6) is 0 Å². The van der Waals surface area contributed by atoms with Crippen molar-refractivity contribution in [1.82, 2.24) is 4.98 Å². The SMILES string of the molecule is CC(C)(C)c1ccc2[nH]c(CC(N)=O)cc(=O)c2c1. The highest BCUT2D eigenvalue weighted by atomic mass is 16.1. The zero-order valence-corrected chi connectivity index (χ0v) is 11.4. The number of carbonyl (C=O) groups is 1. The normalized spacial score (nSPS) is 11.7. The highest BCUT2D eigenvalue weighted by molar-refractivity contribution is 5.81. The lowest BCUT2D eigenvalue weighted by atomic mass is 9.86. The molecule has 0 bridgehead atoms. The third-order valence-corrected chi connectivity index (χ3v) is 3.12. The molecular weight excluding hydrogens is 240 g/mol. The Hall–Kier alpha value is -2.10. The second kappa shape index (κ2) is 4.53. The molecule has 2 aromatic rings. The van der Waals surface area contributed by atoms with Crippen LogP contribution in [0.3, 0.4) is 0 Å². The molecule has 0 radical (unpaired) electrons. The molecule has 0 spiro atoms. The van der Waals surface area contributed by atoms with E-state index >= 15 is 0 Å². The molecule has 4 nitrogen and oxygen atoms in total. The number of aromatic amines is 1. The fraction of sp³-hybridized carbons (Fsp3) is 0.333. The van der Waals surface area contributed by atoms with Crippen LogP contribution in [0.2, 0.25) is 0 Å². The van der Waals surface area contributed by atoms with Crippen LogP contribution in [-0.4, -0.2) is 10.9 Å². The van der Waals surface area contributed by atoms with Crippen LogP contribution in [0.15, 0.2) is 29.1 Å². The van der Waals surface area contributed by atoms with Crippen molar-refractivity contribution in [3.8, 4) is 0 Å². The first-order chi connectivity index (χ1) is 8.77. The summed E-state index contributed by atoms with van der Waals surface area (Å²) >= 11 is 0. The molecule has 2 rings (SSSR count). The van der Waals surface area contributed by atoms with Gasteiger partial charge in [0.05, 0.1) is 6.42 Å². The van der Waals surface area contributed by atoms with E-state index in [1.54, 1.807) is 0 Å². The van der Waals surface area contributed by atoms with Gasteiger partial charge in [-0.2, -0.15) is 0 Å². The Morgan fingerprint density at radius 3 is 2.53 bits per heavy atom. The number of fused-ring (bicyclic) bond motifs is 1. The molecule has 1 aromatic carbocycles. The van der Waals surface area contributed by atoms with Gasteiger partial charge >= 0.3 is 0 Å². The smallest absolute Gasteiger partial charge is 0.223 e. The molecule has 0 atom stereocenters. The zero-order chi connectivity index (χ0) is 14.2. The Bertz CT molecular complexity index is 693. The number of amides is 1. The molecule has 19 heavy (non-hydrogen) atoms. The Morgan fingerprint density at radius 2 is 1.95 bits per heavy atom. The summed E-state index contributed by atoms with van der Waals surface area (Å²) in [6.45, 7) is 6.30. The van der Waals surface area contributed by atoms with E-state index in [0.717, 1.165) is 11.1 Å². The minimum atomic E-state index is -0.457. The summed E-state index contributed by atoms with van der Waals surface area (Å²) in [4.78, 5) is 26.1. The molecule has 1 heterocycles. The van der Waals surface area contributed by atoms with Crippen molar-refractivity contribution in [2.75, 3.05) is 0 Å². The van der Waals surface area contributed by atoms with E-state index in [1.165, 1.54) is 6.07 Å². The van der Waals surface area contributed by atoms with Crippen molar-refractivity contribution < 1.29 is 4.79 Å². The largest absolute Gasteiger partial charge is 0.369 e. The van der Waals surface area contributed by atoms with Gasteiger partial charge in [0.15, 0.2) is 5.43 Å². The average Bonchev–Trinajstić information content (AvgIpc) is 2.26. The Labute approximate surface area is 111 Å². The molecule has 0 aliphatic carbocycles. The topological polar surface area (TPSA) is 76.0 Å². The Morgan fingerprint density at radius 1 is 1.26 bits per heavy atom. The maximum Gasteiger partial charge on any atom is 0.223 e. The van der Waals surface area contributed by atoms with Crippen LogP contribution in [0, 0.1) is 0 Å². The van der Waals surface area contributed by atoms with Crippen molar-refractivity contribution in [3.05, 3.63) is 45.7 Å². The number of aromatic nitrogens is 1. The molecule has 0 saturated carbocycles. The maximum absolute atomic E-state index is 12.1. The third-order valence-electron chi connectivity index (χ3n) is 3.12. The van der Waals surface area contributed by atoms with Crippen LogP contribution in [0.4, 0.5) is 0 Å². The van der Waals surface area contributed by atoms with Gasteiger partial charge in [-0.05, 0) is 23.1 Å². The van der Waals surface area contributed by atoms with Gasteiger partial charge in [0.25, 0.3) is 0 Å². The number of nitrogens with one attached hydrogen (secondary N) is 1. The Kier molecular flexibility index (Phi) is 3.18. The quantitative estimate of drug-likeness (QED) is 0.862. The third kappa shape index (κ3) is 2.84. The summed E-state index contributed by atoms with van der Waals surface area (Å²) in [6, 6.07) is 7.22. The lowest BCUT2D eigenvalue weighted by Crippen LogP contribution is -2.17. The molecular formula is C15H18N2O2. The van der Waals surface area contributed by atoms with E-state index in [0.29, 0.717) is 11.1 Å². The minimum Gasteiger partial charge on any atom is -0.369 e. The molecule has 0 aliphatic heterocycles. The minimum absolute atomic E-state index is 0.00741. The second-order valence-electron chi connectivity index (χ2n) is 5.81. The summed E-state index contributed by atoms with van der Waals surface area (Å²) < 4.78 is 0. The lowest BCUT2D eigenvalue weighted by molar-refractivity contribution is -0.117. The highest BCUT2D eigenvalue weighted by Crippen LogP contribution is 2.24. The summed E-state index contributed by atoms with van der Waals surface area (Å²) in [5.74, 6) is -0.457. The first kappa shape index (κ1) is 13.3. The first-order valence-electron chi connectivity index (χ1n) is 6.22. The summed E-state index contributed by atoms with van der Waals surface area (Å²) in [7, 11) is 0. The number of H-pyrrole nitrogens is 1. The number of benzene rings is 1. The molecule has 0 aliphatic rings. The second-order valence-corrected chi connectivity index (χ2v) is 5.81. The highest BCUT2D eigenvalue weighted by Gasteiger charge is 2.15. The van der Waals surface area contributed by atoms with Gasteiger partial charge in [0.2, 0.25) is 5.91 Å². The van der Waals surface area contributed by atoms with Crippen LogP contribution in [-0.2, 0) is 16.6 Å². The van der Waals surface area contributed by atoms with E-state index in [2.05, 4.69) is 25.8 Å². The number of primary amides is 1. The lowest BCUT2D eigenvalue weighted by Gasteiger charge is -2.19. The van der Waals surface area contributed by atoms with Crippen molar-refractivity contribution >= 4 is 16.8 Å². The van der Waals surface area contributed by atoms with E-state index in [9.17, 15) is 9.59 Å². The molecule has 100 valence electrons. The zero-order valence-electron chi connectivity index (χ0n) is 11.4. The predicted octanol–water partition coefficient (Wildman–Crippen LogP) is 1.85. The van der Waals surface area contributed by atoms with Crippen molar-refractivity contribution in [2.24, 2.45) is 5.73 Å². The number of hydrogen-bond acceptors (Lipinski definition) is 2. The summed E-state index contributed by atoms with van der Waals surface area (Å²) in [5.41, 5.74) is 7.43. The average molecular weight is 258 g/mol. The van der Waals surface area contributed by atoms with Gasteiger partial charge in [-0.15, -0.1) is 0 Å². The van der Waals surface area contributed by atoms with Gasteiger partial charge in [0.1, 0.15) is 0 Å². The molecule has 0 saturated heterocycles. The van der Waals surface area contributed by atoms with E-state index in [4.69, 9.17) is 5.73 Å². The van der Waals surface area contributed by atoms with Gasteiger partial charge in [-0.25, -0.2) is 0 Å². The van der Waals surface area contributed by atoms with Crippen molar-refractivity contribution in [3.63, 3.8) is 0 Å². The molecule has 0 fully saturated rings. The number of rotatable bonds is 2. The van der Waals surface area contributed by atoms with Crippen LogP contribution in [0.25, 0.3) is 10.9 Å². The van der Waals surface area contributed by atoms with E-state index < -0.39 is 5.91 Å². The fourth-order valence-electron chi connectivity index (χ4n) is 2.05. The maximum atomic E-state index is 12.1. The number of hydrogen-bond donors (Lipinski definition) is 2. The van der Waals surface area contributed by atoms with Gasteiger partial charge < -0.3 is 10.7 Å². The van der Waals surface area contributed by atoms with E-state index in [1.807, 2.05) is 18.2 Å².